The van der Waals surface area contributed by atoms with E-state index >= 15 is 0 Å². The van der Waals surface area contributed by atoms with Crippen molar-refractivity contribution >= 4 is 21.5 Å². The molecule has 2 heterocycles. The molecule has 0 spiro atoms. The van der Waals surface area contributed by atoms with E-state index in [1.807, 2.05) is 6.07 Å². The third-order valence-electron chi connectivity index (χ3n) is 3.70. The minimum Gasteiger partial charge on any atom is -0.497 e. The molecule has 0 aliphatic carbocycles. The lowest BCUT2D eigenvalue weighted by Gasteiger charge is -2.13. The third kappa shape index (κ3) is 4.50. The van der Waals surface area contributed by atoms with E-state index in [0.29, 0.717) is 23.8 Å². The van der Waals surface area contributed by atoms with Gasteiger partial charge in [-0.15, -0.1) is 0 Å². The molecular weight excluding hydrogens is 370 g/mol. The Kier molecular flexibility index (Phi) is 5.51. The summed E-state index contributed by atoms with van der Waals surface area (Å²) in [5, 5.41) is 3.08. The Labute approximate surface area is 157 Å². The van der Waals surface area contributed by atoms with Gasteiger partial charge in [-0.2, -0.15) is 0 Å². The van der Waals surface area contributed by atoms with Crippen LogP contribution in [-0.2, 0) is 16.6 Å². The maximum absolute atomic E-state index is 12.7. The molecule has 0 saturated carbocycles. The first-order chi connectivity index (χ1) is 13.0. The Bertz CT molecular complexity index is 986. The van der Waals surface area contributed by atoms with E-state index in [-0.39, 0.29) is 10.6 Å². The smallest absolute Gasteiger partial charge is 0.265 e. The molecular formula is C18H19N3O5S. The second-order valence-electron chi connectivity index (χ2n) is 5.49. The van der Waals surface area contributed by atoms with Crippen LogP contribution < -0.4 is 19.5 Å². The largest absolute Gasteiger partial charge is 0.497 e. The predicted octanol–water partition coefficient (Wildman–Crippen LogP) is 3.10. The fraction of sp³-hybridized carbons (Fsp3) is 0.167. The fourth-order valence-electron chi connectivity index (χ4n) is 2.35. The SMILES string of the molecule is COc1ccc(OC)c(S(=O)(=O)Nc2ccc(NCc3ccco3)nc2)c1. The summed E-state index contributed by atoms with van der Waals surface area (Å²) in [7, 11) is -1.01. The van der Waals surface area contributed by atoms with Crippen LogP contribution in [0.25, 0.3) is 0 Å². The lowest BCUT2D eigenvalue weighted by molar-refractivity contribution is 0.392. The first-order valence-electron chi connectivity index (χ1n) is 7.99. The Balaban J connectivity index is 1.74. The molecule has 2 aromatic heterocycles. The number of hydrogen-bond acceptors (Lipinski definition) is 7. The summed E-state index contributed by atoms with van der Waals surface area (Å²) in [5.41, 5.74) is 0.323. The lowest BCUT2D eigenvalue weighted by Crippen LogP contribution is -2.14. The zero-order chi connectivity index (χ0) is 19.3. The minimum absolute atomic E-state index is 0.0237. The summed E-state index contributed by atoms with van der Waals surface area (Å²) < 4.78 is 43.4. The maximum atomic E-state index is 12.7. The normalized spacial score (nSPS) is 11.0. The maximum Gasteiger partial charge on any atom is 0.265 e. The topological polar surface area (TPSA) is 103 Å². The Morgan fingerprint density at radius 1 is 1.11 bits per heavy atom. The number of aromatic nitrogens is 1. The molecule has 9 heteroatoms. The summed E-state index contributed by atoms with van der Waals surface area (Å²) in [5.74, 6) is 1.99. The summed E-state index contributed by atoms with van der Waals surface area (Å²) in [4.78, 5) is 4.17. The van der Waals surface area contributed by atoms with Crippen LogP contribution >= 0.6 is 0 Å². The second kappa shape index (κ2) is 8.00. The highest BCUT2D eigenvalue weighted by Gasteiger charge is 2.21. The number of furan rings is 1. The van der Waals surface area contributed by atoms with Crippen LogP contribution in [0.4, 0.5) is 11.5 Å². The van der Waals surface area contributed by atoms with Crippen molar-refractivity contribution in [1.82, 2.24) is 4.98 Å². The van der Waals surface area contributed by atoms with Gasteiger partial charge in [-0.25, -0.2) is 13.4 Å². The molecule has 2 N–H and O–H groups in total. The number of sulfonamides is 1. The van der Waals surface area contributed by atoms with Gasteiger partial charge in [0.05, 0.1) is 38.9 Å². The van der Waals surface area contributed by atoms with Crippen LogP contribution in [0.2, 0.25) is 0 Å². The van der Waals surface area contributed by atoms with E-state index in [4.69, 9.17) is 13.9 Å². The highest BCUT2D eigenvalue weighted by atomic mass is 32.2. The number of methoxy groups -OCH3 is 2. The van der Waals surface area contributed by atoms with E-state index in [1.54, 1.807) is 30.5 Å². The van der Waals surface area contributed by atoms with Crippen molar-refractivity contribution in [3.05, 3.63) is 60.7 Å². The molecule has 0 radical (unpaired) electrons. The van der Waals surface area contributed by atoms with E-state index in [1.165, 1.54) is 32.5 Å². The molecule has 0 bridgehead atoms. The van der Waals surface area contributed by atoms with Crippen molar-refractivity contribution < 1.29 is 22.3 Å². The fourth-order valence-corrected chi connectivity index (χ4v) is 3.58. The Morgan fingerprint density at radius 3 is 2.59 bits per heavy atom. The van der Waals surface area contributed by atoms with E-state index in [9.17, 15) is 8.42 Å². The van der Waals surface area contributed by atoms with E-state index in [0.717, 1.165) is 5.76 Å². The number of rotatable bonds is 8. The van der Waals surface area contributed by atoms with Gasteiger partial charge < -0.3 is 19.2 Å². The molecule has 0 saturated heterocycles. The number of nitrogens with zero attached hydrogens (tertiary/aromatic N) is 1. The molecule has 0 aliphatic rings. The quantitative estimate of drug-likeness (QED) is 0.610. The Hall–Kier alpha value is -3.20. The second-order valence-corrected chi connectivity index (χ2v) is 7.14. The highest BCUT2D eigenvalue weighted by molar-refractivity contribution is 7.92. The number of ether oxygens (including phenoxy) is 2. The summed E-state index contributed by atoms with van der Waals surface area (Å²) in [6, 6.07) is 11.5. The molecule has 0 amide bonds. The average molecular weight is 389 g/mol. The number of benzene rings is 1. The number of hydrogen-bond donors (Lipinski definition) is 2. The molecule has 0 unspecified atom stereocenters. The van der Waals surface area contributed by atoms with Crippen LogP contribution in [0.15, 0.2) is 64.2 Å². The first-order valence-corrected chi connectivity index (χ1v) is 9.47. The first kappa shape index (κ1) is 18.6. The molecule has 0 aliphatic heterocycles. The van der Waals surface area contributed by atoms with Gasteiger partial charge in [0.15, 0.2) is 0 Å². The van der Waals surface area contributed by atoms with Crippen LogP contribution in [0.1, 0.15) is 5.76 Å². The third-order valence-corrected chi connectivity index (χ3v) is 5.10. The highest BCUT2D eigenvalue weighted by Crippen LogP contribution is 2.29. The van der Waals surface area contributed by atoms with Crippen LogP contribution in [0.3, 0.4) is 0 Å². The summed E-state index contributed by atoms with van der Waals surface area (Å²) in [6.45, 7) is 0.478. The molecule has 3 aromatic rings. The number of nitrogens with one attached hydrogen (secondary N) is 2. The van der Waals surface area contributed by atoms with Crippen molar-refractivity contribution in [3.63, 3.8) is 0 Å². The standard InChI is InChI=1S/C18H19N3O5S/c1-24-14-6-7-16(25-2)17(10-14)27(22,23)21-13-5-8-18(19-11-13)20-12-15-4-3-9-26-15/h3-11,21H,12H2,1-2H3,(H,19,20). The molecule has 8 nitrogen and oxygen atoms in total. The molecule has 0 fully saturated rings. The molecule has 27 heavy (non-hydrogen) atoms. The Morgan fingerprint density at radius 2 is 1.96 bits per heavy atom. The van der Waals surface area contributed by atoms with Crippen molar-refractivity contribution in [3.8, 4) is 11.5 Å². The zero-order valence-electron chi connectivity index (χ0n) is 14.8. The molecule has 3 rings (SSSR count). The van der Waals surface area contributed by atoms with Crippen molar-refractivity contribution in [1.29, 1.82) is 0 Å². The summed E-state index contributed by atoms with van der Waals surface area (Å²) >= 11 is 0. The van der Waals surface area contributed by atoms with Crippen molar-refractivity contribution in [2.24, 2.45) is 0 Å². The van der Waals surface area contributed by atoms with Gasteiger partial charge in [0.1, 0.15) is 28.0 Å². The van der Waals surface area contributed by atoms with Crippen LogP contribution in [0, 0.1) is 0 Å². The minimum atomic E-state index is -3.88. The summed E-state index contributed by atoms with van der Waals surface area (Å²) in [6.07, 6.45) is 3.02. The molecule has 1 aromatic carbocycles. The number of anilines is 2. The van der Waals surface area contributed by atoms with Gasteiger partial charge in [-0.1, -0.05) is 0 Å². The zero-order valence-corrected chi connectivity index (χ0v) is 15.6. The lowest BCUT2D eigenvalue weighted by atomic mass is 10.3. The van der Waals surface area contributed by atoms with Gasteiger partial charge in [0.25, 0.3) is 10.0 Å². The predicted molar refractivity (Wildman–Crippen MR) is 101 cm³/mol. The van der Waals surface area contributed by atoms with Gasteiger partial charge in [-0.05, 0) is 36.4 Å². The monoisotopic (exact) mass is 389 g/mol. The molecule has 0 atom stereocenters. The molecule has 142 valence electrons. The van der Waals surface area contributed by atoms with E-state index < -0.39 is 10.0 Å². The van der Waals surface area contributed by atoms with Crippen LogP contribution in [-0.4, -0.2) is 27.6 Å². The van der Waals surface area contributed by atoms with Gasteiger partial charge in [0, 0.05) is 6.07 Å². The average Bonchev–Trinajstić information content (AvgIpc) is 3.20. The van der Waals surface area contributed by atoms with E-state index in [2.05, 4.69) is 15.0 Å². The van der Waals surface area contributed by atoms with Crippen molar-refractivity contribution in [2.45, 2.75) is 11.4 Å². The van der Waals surface area contributed by atoms with Gasteiger partial charge in [-0.3, -0.25) is 4.72 Å². The van der Waals surface area contributed by atoms with Crippen molar-refractivity contribution in [2.75, 3.05) is 24.3 Å². The van der Waals surface area contributed by atoms with Crippen LogP contribution in [0.5, 0.6) is 11.5 Å². The van der Waals surface area contributed by atoms with Gasteiger partial charge >= 0.3 is 0 Å². The number of pyridine rings is 1. The van der Waals surface area contributed by atoms with Gasteiger partial charge in [0.2, 0.25) is 0 Å².